The fourth-order valence-electron chi connectivity index (χ4n) is 2.22. The lowest BCUT2D eigenvalue weighted by molar-refractivity contribution is -0.503. The van der Waals surface area contributed by atoms with E-state index in [0.29, 0.717) is 0 Å². The van der Waals surface area contributed by atoms with E-state index in [9.17, 15) is 0 Å². The van der Waals surface area contributed by atoms with E-state index < -0.39 is 0 Å². The molecule has 2 aromatic rings. The normalized spacial score (nSPS) is 16.4. The van der Waals surface area contributed by atoms with Crippen molar-refractivity contribution in [1.29, 1.82) is 0 Å². The average molecular weight is 221 g/mol. The van der Waals surface area contributed by atoms with Crippen molar-refractivity contribution < 1.29 is 4.58 Å². The van der Waals surface area contributed by atoms with E-state index in [1.807, 2.05) is 6.07 Å². The van der Waals surface area contributed by atoms with Gasteiger partial charge in [-0.05, 0) is 17.5 Å². The second kappa shape index (κ2) is 4.46. The molecule has 84 valence electrons. The molecule has 1 heterocycles. The van der Waals surface area contributed by atoms with Crippen molar-refractivity contribution in [3.8, 4) is 0 Å². The Morgan fingerprint density at radius 1 is 0.882 bits per heavy atom. The van der Waals surface area contributed by atoms with Crippen LogP contribution in [0.2, 0.25) is 0 Å². The Bertz CT molecular complexity index is 540. The van der Waals surface area contributed by atoms with Crippen LogP contribution in [0, 0.1) is 6.54 Å². The molecule has 1 aliphatic heterocycles. The Balaban J connectivity index is 1.87. The predicted octanol–water partition coefficient (Wildman–Crippen LogP) is 3.04. The molecule has 0 aliphatic carbocycles. The summed E-state index contributed by atoms with van der Waals surface area (Å²) < 4.78 is 2.28. The van der Waals surface area contributed by atoms with Crippen molar-refractivity contribution in [1.82, 2.24) is 0 Å². The lowest BCUT2D eigenvalue weighted by Gasteiger charge is -2.20. The highest BCUT2D eigenvalue weighted by atomic mass is 15.0. The van der Waals surface area contributed by atoms with Gasteiger partial charge in [0.1, 0.15) is 6.54 Å². The molecule has 0 aromatic heterocycles. The molecule has 1 nitrogen and oxygen atoms in total. The minimum absolute atomic E-state index is 0.977. The molecule has 0 bridgehead atoms. The first kappa shape index (κ1) is 10.2. The van der Waals surface area contributed by atoms with Crippen molar-refractivity contribution in [2.24, 2.45) is 0 Å². The third-order valence-electron chi connectivity index (χ3n) is 3.13. The van der Waals surface area contributed by atoms with Crippen LogP contribution in [0.15, 0.2) is 54.6 Å². The maximum Gasteiger partial charge on any atom is 0.141 e. The molecule has 0 atom stereocenters. The third-order valence-corrected chi connectivity index (χ3v) is 3.13. The van der Waals surface area contributed by atoms with E-state index in [0.717, 1.165) is 13.0 Å². The number of benzene rings is 2. The molecule has 0 spiro atoms. The summed E-state index contributed by atoms with van der Waals surface area (Å²) in [5.74, 6) is 0. The predicted molar refractivity (Wildman–Crippen MR) is 70.0 cm³/mol. The molecule has 0 unspecified atom stereocenters. The molecule has 0 saturated heterocycles. The molecule has 0 amide bonds. The number of hydrogen-bond donors (Lipinski definition) is 0. The number of nitrogens with zero attached hydrogens (tertiary/aromatic N) is 1. The molecule has 0 radical (unpaired) electrons. The molecule has 1 heteroatoms. The Morgan fingerprint density at radius 2 is 1.59 bits per heavy atom. The number of fused-ring (bicyclic) bond motifs is 1. The summed E-state index contributed by atoms with van der Waals surface area (Å²) >= 11 is 0. The van der Waals surface area contributed by atoms with Crippen LogP contribution in [-0.4, -0.2) is 10.8 Å². The smallest absolute Gasteiger partial charge is 0.141 e. The molecule has 3 rings (SSSR count). The Labute approximate surface area is 102 Å². The van der Waals surface area contributed by atoms with Gasteiger partial charge >= 0.3 is 0 Å². The van der Waals surface area contributed by atoms with Crippen LogP contribution in [0.3, 0.4) is 0 Å². The lowest BCUT2D eigenvalue weighted by atomic mass is 10.0. The molecular weight excluding hydrogens is 206 g/mol. The molecule has 0 saturated carbocycles. The summed E-state index contributed by atoms with van der Waals surface area (Å²) in [6.07, 6.45) is 3.23. The molecule has 1 aliphatic rings. The van der Waals surface area contributed by atoms with Crippen LogP contribution in [0.4, 0.5) is 0 Å². The Morgan fingerprint density at radius 3 is 2.41 bits per heavy atom. The fourth-order valence-corrected chi connectivity index (χ4v) is 2.22. The van der Waals surface area contributed by atoms with E-state index in [1.165, 1.54) is 16.7 Å². The summed E-state index contributed by atoms with van der Waals surface area (Å²) in [5, 5.41) is 0. The maximum atomic E-state index is 2.28. The molecule has 0 fully saturated rings. The van der Waals surface area contributed by atoms with Crippen LogP contribution < -0.4 is 0 Å². The van der Waals surface area contributed by atoms with Gasteiger partial charge in [-0.25, -0.2) is 0 Å². The quantitative estimate of drug-likeness (QED) is 0.514. The summed E-state index contributed by atoms with van der Waals surface area (Å²) in [4.78, 5) is 0. The number of rotatable bonds is 1. The topological polar surface area (TPSA) is 3.01 Å². The van der Waals surface area contributed by atoms with Crippen molar-refractivity contribution in [3.05, 3.63) is 77.8 Å². The van der Waals surface area contributed by atoms with Gasteiger partial charge < -0.3 is 4.58 Å². The van der Waals surface area contributed by atoms with Crippen LogP contribution in [0.1, 0.15) is 16.7 Å². The monoisotopic (exact) mass is 221 g/mol. The van der Waals surface area contributed by atoms with Crippen molar-refractivity contribution in [2.75, 3.05) is 0 Å². The van der Waals surface area contributed by atoms with Crippen molar-refractivity contribution in [2.45, 2.75) is 13.0 Å². The molecule has 17 heavy (non-hydrogen) atoms. The van der Waals surface area contributed by atoms with Gasteiger partial charge in [0.2, 0.25) is 0 Å². The van der Waals surface area contributed by atoms with E-state index in [4.69, 9.17) is 0 Å². The van der Waals surface area contributed by atoms with Crippen LogP contribution in [0.5, 0.6) is 0 Å². The maximum absolute atomic E-state index is 2.28. The highest BCUT2D eigenvalue weighted by Crippen LogP contribution is 2.17. The number of hydrogen-bond acceptors (Lipinski definition) is 0. The van der Waals surface area contributed by atoms with Crippen LogP contribution in [0.25, 0.3) is 0 Å². The highest BCUT2D eigenvalue weighted by Gasteiger charge is 2.11. The van der Waals surface area contributed by atoms with Gasteiger partial charge in [-0.2, -0.15) is 0 Å². The zero-order valence-corrected chi connectivity index (χ0v) is 9.71. The van der Waals surface area contributed by atoms with E-state index in [-0.39, 0.29) is 0 Å². The van der Waals surface area contributed by atoms with Gasteiger partial charge in [0, 0.05) is 18.3 Å². The van der Waals surface area contributed by atoms with E-state index in [1.54, 1.807) is 0 Å². The molecular formula is C16H15N. The lowest BCUT2D eigenvalue weighted by Crippen LogP contribution is -2.18. The minimum Gasteiger partial charge on any atom is -0.361 e. The molecule has 0 N–H and O–H groups in total. The van der Waals surface area contributed by atoms with Gasteiger partial charge in [-0.15, -0.1) is 0 Å². The van der Waals surface area contributed by atoms with E-state index in [2.05, 4.69) is 65.9 Å². The third kappa shape index (κ3) is 2.23. The summed E-state index contributed by atoms with van der Waals surface area (Å²) in [6, 6.07) is 19.1. The first-order valence-corrected chi connectivity index (χ1v) is 5.97. The van der Waals surface area contributed by atoms with Gasteiger partial charge in [-0.3, -0.25) is 0 Å². The van der Waals surface area contributed by atoms with Gasteiger partial charge in [0.15, 0.2) is 0 Å². The first-order valence-electron chi connectivity index (χ1n) is 5.97. The second-order valence-corrected chi connectivity index (χ2v) is 4.37. The summed E-state index contributed by atoms with van der Waals surface area (Å²) in [7, 11) is 0. The zero-order valence-electron chi connectivity index (χ0n) is 9.71. The summed E-state index contributed by atoms with van der Waals surface area (Å²) in [6.45, 7) is 3.24. The van der Waals surface area contributed by atoms with E-state index >= 15 is 0 Å². The largest absolute Gasteiger partial charge is 0.361 e. The Kier molecular flexibility index (Phi) is 2.66. The zero-order chi connectivity index (χ0) is 11.5. The van der Waals surface area contributed by atoms with Crippen molar-refractivity contribution >= 4 is 6.21 Å². The second-order valence-electron chi connectivity index (χ2n) is 4.37. The average Bonchev–Trinajstić information content (AvgIpc) is 2.40. The SMILES string of the molecule is C(c1ccccc1)=[N+]1[CH-]Cc2ccccc2C1. The Hall–Kier alpha value is -2.02. The summed E-state index contributed by atoms with van der Waals surface area (Å²) in [5.41, 5.74) is 4.13. The fraction of sp³-hybridized carbons (Fsp3) is 0.125. The van der Waals surface area contributed by atoms with Crippen LogP contribution in [-0.2, 0) is 13.0 Å². The van der Waals surface area contributed by atoms with Gasteiger partial charge in [0.05, 0.1) is 0 Å². The highest BCUT2D eigenvalue weighted by molar-refractivity contribution is 5.75. The standard InChI is InChI=1S/C16H15N/c1-2-6-14(7-3-1)12-17-11-10-15-8-4-5-9-16(15)13-17/h1-9,11-12H,10,13H2. The van der Waals surface area contributed by atoms with Crippen molar-refractivity contribution in [3.63, 3.8) is 0 Å². The van der Waals surface area contributed by atoms with Gasteiger partial charge in [-0.1, -0.05) is 54.6 Å². The first-order chi connectivity index (χ1) is 8.42. The minimum atomic E-state index is 0.977. The molecule has 2 aromatic carbocycles. The van der Waals surface area contributed by atoms with Crippen LogP contribution >= 0.6 is 0 Å². The van der Waals surface area contributed by atoms with Gasteiger partial charge in [0.25, 0.3) is 0 Å².